The van der Waals surface area contributed by atoms with Crippen molar-refractivity contribution in [2.24, 2.45) is 4.99 Å². The van der Waals surface area contributed by atoms with E-state index in [1.165, 1.54) is 17.3 Å². The zero-order valence-electron chi connectivity index (χ0n) is 15.9. The van der Waals surface area contributed by atoms with Gasteiger partial charge in [0.05, 0.1) is 11.4 Å². The van der Waals surface area contributed by atoms with Crippen LogP contribution < -0.4 is 5.32 Å². The summed E-state index contributed by atoms with van der Waals surface area (Å²) in [5.41, 5.74) is 3.01. The lowest BCUT2D eigenvalue weighted by Crippen LogP contribution is -2.52. The Morgan fingerprint density at radius 2 is 1.66 bits per heavy atom. The van der Waals surface area contributed by atoms with Crippen LogP contribution >= 0.6 is 23.5 Å². The largest absolute Gasteiger partial charge is 0.338 e. The van der Waals surface area contributed by atoms with Crippen LogP contribution in [0.1, 0.15) is 5.56 Å². The molecule has 6 nitrogen and oxygen atoms in total. The number of benzene rings is 2. The fourth-order valence-corrected chi connectivity index (χ4v) is 5.15. The number of anilines is 1. The smallest absolute Gasteiger partial charge is 0.321 e. The van der Waals surface area contributed by atoms with E-state index in [-0.39, 0.29) is 11.9 Å². The Morgan fingerprint density at radius 1 is 0.966 bits per heavy atom. The summed E-state index contributed by atoms with van der Waals surface area (Å²) in [7, 11) is 0. The quantitative estimate of drug-likeness (QED) is 0.805. The molecule has 0 spiro atoms. The van der Waals surface area contributed by atoms with Gasteiger partial charge in [-0.25, -0.2) is 9.79 Å². The molecule has 4 rings (SSSR count). The first-order chi connectivity index (χ1) is 14.2. The number of para-hydroxylation sites is 2. The number of rotatable bonds is 3. The van der Waals surface area contributed by atoms with E-state index in [1.807, 2.05) is 53.4 Å². The molecule has 1 fully saturated rings. The van der Waals surface area contributed by atoms with Crippen molar-refractivity contribution < 1.29 is 9.59 Å². The van der Waals surface area contributed by atoms with Gasteiger partial charge >= 0.3 is 6.03 Å². The molecule has 2 aliphatic heterocycles. The molecule has 29 heavy (non-hydrogen) atoms. The van der Waals surface area contributed by atoms with Crippen molar-refractivity contribution in [1.29, 1.82) is 0 Å². The average molecular weight is 427 g/mol. The summed E-state index contributed by atoms with van der Waals surface area (Å²) in [6.45, 7) is 2.20. The molecule has 0 aromatic heterocycles. The van der Waals surface area contributed by atoms with Crippen molar-refractivity contribution in [3.05, 3.63) is 60.2 Å². The minimum Gasteiger partial charge on any atom is -0.338 e. The fraction of sp³-hybridized carbons (Fsp3) is 0.286. The van der Waals surface area contributed by atoms with E-state index in [1.54, 1.807) is 16.7 Å². The zero-order chi connectivity index (χ0) is 20.1. The average Bonchev–Trinajstić information content (AvgIpc) is 2.78. The monoisotopic (exact) mass is 426 g/mol. The first-order valence-corrected chi connectivity index (χ1v) is 11.5. The van der Waals surface area contributed by atoms with Gasteiger partial charge in [-0.15, -0.1) is 0 Å². The Bertz CT molecular complexity index is 912. The molecular weight excluding hydrogens is 404 g/mol. The molecule has 2 aromatic rings. The van der Waals surface area contributed by atoms with Crippen LogP contribution in [0.4, 0.5) is 16.2 Å². The molecule has 0 unspecified atom stereocenters. The topological polar surface area (TPSA) is 65.0 Å². The van der Waals surface area contributed by atoms with Gasteiger partial charge in [0.15, 0.2) is 0 Å². The number of piperazine rings is 1. The highest BCUT2D eigenvalue weighted by Gasteiger charge is 2.24. The Hall–Kier alpha value is -2.45. The van der Waals surface area contributed by atoms with Crippen LogP contribution in [0.2, 0.25) is 0 Å². The number of fused-ring (bicyclic) bond motifs is 1. The number of hydrogen-bond donors (Lipinski definition) is 1. The van der Waals surface area contributed by atoms with Crippen LogP contribution in [-0.4, -0.2) is 58.0 Å². The lowest BCUT2D eigenvalue weighted by atomic mass is 10.2. The minimum atomic E-state index is -0.121. The third-order valence-corrected chi connectivity index (χ3v) is 7.05. The molecule has 2 aromatic carbocycles. The Balaban J connectivity index is 1.23. The van der Waals surface area contributed by atoms with E-state index < -0.39 is 0 Å². The summed E-state index contributed by atoms with van der Waals surface area (Å²) in [6.07, 6.45) is 0. The lowest BCUT2D eigenvalue weighted by molar-refractivity contribution is -0.129. The molecule has 2 aliphatic rings. The summed E-state index contributed by atoms with van der Waals surface area (Å²) in [5, 5.41) is 2.89. The maximum absolute atomic E-state index is 12.6. The lowest BCUT2D eigenvalue weighted by Gasteiger charge is -2.34. The van der Waals surface area contributed by atoms with E-state index >= 15 is 0 Å². The molecule has 2 heterocycles. The van der Waals surface area contributed by atoms with Crippen molar-refractivity contribution >= 4 is 51.2 Å². The van der Waals surface area contributed by atoms with Gasteiger partial charge in [0.1, 0.15) is 4.38 Å². The highest BCUT2D eigenvalue weighted by Crippen LogP contribution is 2.34. The number of nitrogens with zero attached hydrogens (tertiary/aromatic N) is 3. The van der Waals surface area contributed by atoms with Crippen LogP contribution in [0.3, 0.4) is 0 Å². The van der Waals surface area contributed by atoms with Gasteiger partial charge in [0, 0.05) is 37.6 Å². The molecule has 0 saturated carbocycles. The highest BCUT2D eigenvalue weighted by atomic mass is 32.2. The number of nitrogens with one attached hydrogen (secondary N) is 1. The predicted octanol–water partition coefficient (Wildman–Crippen LogP) is 4.03. The highest BCUT2D eigenvalue weighted by molar-refractivity contribution is 8.38. The molecule has 0 aliphatic carbocycles. The number of carbonyl (C=O) groups is 2. The Morgan fingerprint density at radius 3 is 2.45 bits per heavy atom. The van der Waals surface area contributed by atoms with Crippen LogP contribution in [-0.2, 0) is 10.5 Å². The van der Waals surface area contributed by atoms with Crippen LogP contribution in [0.25, 0.3) is 0 Å². The summed E-state index contributed by atoms with van der Waals surface area (Å²) >= 11 is 3.18. The first-order valence-electron chi connectivity index (χ1n) is 9.50. The SMILES string of the molecule is O=C(CSC1=Nc2ccccc2CS1)N1CCN(C(=O)Nc2ccccc2)CC1. The molecule has 150 valence electrons. The number of urea groups is 1. The third kappa shape index (κ3) is 5.13. The third-order valence-electron chi connectivity index (χ3n) is 4.82. The van der Waals surface area contributed by atoms with Crippen LogP contribution in [0, 0.1) is 0 Å². The molecular formula is C21H22N4O2S2. The van der Waals surface area contributed by atoms with E-state index in [0.29, 0.717) is 31.9 Å². The van der Waals surface area contributed by atoms with E-state index in [9.17, 15) is 9.59 Å². The van der Waals surface area contributed by atoms with Gasteiger partial charge in [-0.05, 0) is 23.8 Å². The summed E-state index contributed by atoms with van der Waals surface area (Å²) in [4.78, 5) is 33.2. The van der Waals surface area contributed by atoms with Crippen molar-refractivity contribution in [3.63, 3.8) is 0 Å². The van der Waals surface area contributed by atoms with Gasteiger partial charge in [-0.1, -0.05) is 59.9 Å². The second-order valence-corrected chi connectivity index (χ2v) is 8.93. The number of carbonyl (C=O) groups excluding carboxylic acids is 2. The normalized spacial score (nSPS) is 16.1. The van der Waals surface area contributed by atoms with E-state index in [2.05, 4.69) is 16.4 Å². The van der Waals surface area contributed by atoms with Crippen molar-refractivity contribution in [1.82, 2.24) is 9.80 Å². The number of aliphatic imine (C=N–C) groups is 1. The zero-order valence-corrected chi connectivity index (χ0v) is 17.5. The van der Waals surface area contributed by atoms with Crippen molar-refractivity contribution in [3.8, 4) is 0 Å². The van der Waals surface area contributed by atoms with E-state index in [4.69, 9.17) is 0 Å². The first kappa shape index (κ1) is 19.8. The molecule has 0 radical (unpaired) electrons. The summed E-state index contributed by atoms with van der Waals surface area (Å²) in [5.74, 6) is 1.37. The van der Waals surface area contributed by atoms with Crippen molar-refractivity contribution in [2.75, 3.05) is 37.2 Å². The van der Waals surface area contributed by atoms with Gasteiger partial charge in [-0.2, -0.15) is 0 Å². The maximum Gasteiger partial charge on any atom is 0.321 e. The summed E-state index contributed by atoms with van der Waals surface area (Å²) < 4.78 is 0.943. The van der Waals surface area contributed by atoms with Gasteiger partial charge < -0.3 is 15.1 Å². The Labute approximate surface area is 178 Å². The molecule has 1 N–H and O–H groups in total. The second-order valence-electron chi connectivity index (χ2n) is 6.75. The van der Waals surface area contributed by atoms with Gasteiger partial charge in [0.25, 0.3) is 0 Å². The predicted molar refractivity (Wildman–Crippen MR) is 121 cm³/mol. The number of hydrogen-bond acceptors (Lipinski definition) is 5. The van der Waals surface area contributed by atoms with E-state index in [0.717, 1.165) is 21.5 Å². The number of thioether (sulfide) groups is 2. The summed E-state index contributed by atoms with van der Waals surface area (Å²) in [6, 6.07) is 17.4. The Kier molecular flexibility index (Phi) is 6.41. The fourth-order valence-electron chi connectivity index (χ4n) is 3.18. The molecule has 0 atom stereocenters. The standard InChI is InChI=1S/C21H22N4O2S2/c26-19(15-29-21-23-18-9-5-4-6-16(18)14-28-21)24-10-12-25(13-11-24)20(27)22-17-7-2-1-3-8-17/h1-9H,10-15H2,(H,22,27). The molecule has 0 bridgehead atoms. The number of amides is 3. The molecule has 1 saturated heterocycles. The van der Waals surface area contributed by atoms with Gasteiger partial charge in [-0.3, -0.25) is 4.79 Å². The van der Waals surface area contributed by atoms with Gasteiger partial charge in [0.2, 0.25) is 5.91 Å². The molecule has 8 heteroatoms. The second kappa shape index (κ2) is 9.37. The molecule has 3 amide bonds. The van der Waals surface area contributed by atoms with Crippen molar-refractivity contribution in [2.45, 2.75) is 5.75 Å². The van der Waals surface area contributed by atoms with Crippen LogP contribution in [0.15, 0.2) is 59.6 Å². The maximum atomic E-state index is 12.6. The minimum absolute atomic E-state index is 0.0975. The van der Waals surface area contributed by atoms with Crippen LogP contribution in [0.5, 0.6) is 0 Å².